The van der Waals surface area contributed by atoms with Gasteiger partial charge in [-0.1, -0.05) is 49.6 Å². The number of methoxy groups -OCH3 is 1. The smallest absolute Gasteiger partial charge is 0.332 e. The number of hydrogen-bond donors (Lipinski definition) is 0. The summed E-state index contributed by atoms with van der Waals surface area (Å²) in [6, 6.07) is 10.0. The van der Waals surface area contributed by atoms with E-state index in [0.717, 1.165) is 0 Å². The van der Waals surface area contributed by atoms with Gasteiger partial charge >= 0.3 is 5.97 Å². The van der Waals surface area contributed by atoms with Crippen LogP contribution in [0.4, 0.5) is 0 Å². The monoisotopic (exact) mass is 236 g/mol. The molecule has 0 heterocycles. The van der Waals surface area contributed by atoms with Crippen LogP contribution in [0.2, 0.25) is 0 Å². The summed E-state index contributed by atoms with van der Waals surface area (Å²) >= 11 is 0. The van der Waals surface area contributed by atoms with Crippen LogP contribution >= 0.6 is 0 Å². The predicted octanol–water partition coefficient (Wildman–Crippen LogP) is 1.61. The van der Waals surface area contributed by atoms with Crippen LogP contribution in [-0.2, 0) is 9.53 Å². The summed E-state index contributed by atoms with van der Waals surface area (Å²) in [5.74, 6) is -0.347. The van der Waals surface area contributed by atoms with E-state index in [0.29, 0.717) is 5.57 Å². The van der Waals surface area contributed by atoms with E-state index < -0.39 is 0 Å². The van der Waals surface area contributed by atoms with Gasteiger partial charge in [-0.3, -0.25) is 0 Å². The molecule has 0 saturated carbocycles. The van der Waals surface area contributed by atoms with Crippen molar-refractivity contribution in [3.63, 3.8) is 0 Å². The van der Waals surface area contributed by atoms with Crippen molar-refractivity contribution in [3.05, 3.63) is 54.6 Å². The Bertz CT molecular complexity index is 331. The quantitative estimate of drug-likeness (QED) is 0.443. The van der Waals surface area contributed by atoms with E-state index in [2.05, 4.69) is 17.9 Å². The van der Waals surface area contributed by atoms with Gasteiger partial charge in [0.1, 0.15) is 0 Å². The highest BCUT2D eigenvalue weighted by atomic mass is 28.1. The van der Waals surface area contributed by atoms with Gasteiger partial charge in [-0.25, -0.2) is 4.79 Å². The van der Waals surface area contributed by atoms with E-state index in [9.17, 15) is 4.79 Å². The van der Waals surface area contributed by atoms with E-state index in [4.69, 9.17) is 0 Å². The zero-order valence-corrected chi connectivity index (χ0v) is 9.19. The third-order valence-electron chi connectivity index (χ3n) is 1.57. The maximum atomic E-state index is 10.2. The highest BCUT2D eigenvalue weighted by Crippen LogP contribution is 1.97. The Balaban J connectivity index is 0. The summed E-state index contributed by atoms with van der Waals surface area (Å²) in [5, 5.41) is 0. The van der Waals surface area contributed by atoms with Gasteiger partial charge in [0.25, 0.3) is 0 Å². The van der Waals surface area contributed by atoms with Crippen LogP contribution in [0.1, 0.15) is 12.5 Å². The molecule has 0 saturated heterocycles. The SMILES string of the molecule is C=C(C)C(=O)OC.C=Cc1ccccc1.[SiH4]. The first-order valence-electron chi connectivity index (χ1n) is 4.53. The van der Waals surface area contributed by atoms with Crippen LogP contribution < -0.4 is 0 Å². The summed E-state index contributed by atoms with van der Waals surface area (Å²) < 4.78 is 4.27. The molecule has 1 rings (SSSR count). The van der Waals surface area contributed by atoms with Crippen molar-refractivity contribution >= 4 is 23.0 Å². The van der Waals surface area contributed by atoms with E-state index in [-0.39, 0.29) is 16.9 Å². The van der Waals surface area contributed by atoms with E-state index in [1.165, 1.54) is 12.7 Å². The second kappa shape index (κ2) is 9.92. The maximum absolute atomic E-state index is 10.2. The standard InChI is InChI=1S/C8H8.C5H8O2.H4Si/c1-2-8-6-4-3-5-7-8;1-4(2)5(6)7-3;/h2-7H,1H2;1H2,2-3H3;1H4. The van der Waals surface area contributed by atoms with Crippen molar-refractivity contribution in [1.29, 1.82) is 0 Å². The van der Waals surface area contributed by atoms with Gasteiger partial charge in [0.2, 0.25) is 0 Å². The number of ether oxygens (including phenoxy) is 1. The summed E-state index contributed by atoms with van der Waals surface area (Å²) in [6.07, 6.45) is 1.83. The Kier molecular flexibility index (Phi) is 10.4. The molecule has 0 amide bonds. The van der Waals surface area contributed by atoms with Crippen LogP contribution in [0.3, 0.4) is 0 Å². The van der Waals surface area contributed by atoms with Crippen molar-refractivity contribution in [2.24, 2.45) is 0 Å². The summed E-state index contributed by atoms with van der Waals surface area (Å²) in [4.78, 5) is 10.2. The minimum Gasteiger partial charge on any atom is -0.466 e. The molecule has 0 aliphatic heterocycles. The van der Waals surface area contributed by atoms with E-state index in [1.807, 2.05) is 36.4 Å². The number of hydrogen-bond acceptors (Lipinski definition) is 2. The topological polar surface area (TPSA) is 26.3 Å². The Hall–Kier alpha value is -1.61. The summed E-state index contributed by atoms with van der Waals surface area (Å²) in [7, 11) is 1.33. The average molecular weight is 236 g/mol. The highest BCUT2D eigenvalue weighted by Gasteiger charge is 1.95. The third-order valence-corrected chi connectivity index (χ3v) is 1.57. The Morgan fingerprint density at radius 1 is 1.31 bits per heavy atom. The summed E-state index contributed by atoms with van der Waals surface area (Å²) in [5.41, 5.74) is 1.61. The molecule has 88 valence electrons. The van der Waals surface area contributed by atoms with Crippen molar-refractivity contribution < 1.29 is 9.53 Å². The van der Waals surface area contributed by atoms with Crippen LogP contribution in [0.15, 0.2) is 49.1 Å². The fourth-order valence-electron chi connectivity index (χ4n) is 0.763. The third kappa shape index (κ3) is 7.76. The second-order valence-corrected chi connectivity index (χ2v) is 2.89. The lowest BCUT2D eigenvalue weighted by atomic mass is 10.2. The average Bonchev–Trinajstić information content (AvgIpc) is 2.29. The number of esters is 1. The molecule has 0 aliphatic carbocycles. The minimum absolute atomic E-state index is 0. The lowest BCUT2D eigenvalue weighted by Crippen LogP contribution is -1.98. The molecule has 0 unspecified atom stereocenters. The normalized spacial score (nSPS) is 7.62. The zero-order valence-electron chi connectivity index (χ0n) is 9.19. The van der Waals surface area contributed by atoms with Gasteiger partial charge < -0.3 is 4.74 Å². The molecule has 0 bridgehead atoms. The zero-order chi connectivity index (χ0) is 11.7. The number of carbonyl (C=O) groups excluding carboxylic acids is 1. The molecular weight excluding hydrogens is 216 g/mol. The predicted molar refractivity (Wildman–Crippen MR) is 74.7 cm³/mol. The molecule has 0 atom stereocenters. The lowest BCUT2D eigenvalue weighted by Gasteiger charge is -1.91. The van der Waals surface area contributed by atoms with Crippen molar-refractivity contribution in [3.8, 4) is 0 Å². The molecule has 0 aromatic heterocycles. The van der Waals surface area contributed by atoms with Crippen molar-refractivity contribution in [1.82, 2.24) is 0 Å². The van der Waals surface area contributed by atoms with E-state index in [1.54, 1.807) is 6.92 Å². The van der Waals surface area contributed by atoms with Gasteiger partial charge in [0, 0.05) is 5.57 Å². The molecule has 2 nitrogen and oxygen atoms in total. The fraction of sp³-hybridized carbons (Fsp3) is 0.154. The number of carbonyl (C=O) groups is 1. The Morgan fingerprint density at radius 3 is 2.00 bits per heavy atom. The van der Waals surface area contributed by atoms with Crippen LogP contribution in [0.5, 0.6) is 0 Å². The first-order chi connectivity index (χ1) is 7.11. The van der Waals surface area contributed by atoms with Gasteiger partial charge in [0.05, 0.1) is 7.11 Å². The Labute approximate surface area is 102 Å². The molecule has 0 spiro atoms. The minimum atomic E-state index is -0.347. The van der Waals surface area contributed by atoms with Gasteiger partial charge in [-0.2, -0.15) is 0 Å². The summed E-state index contributed by atoms with van der Waals surface area (Å²) in [6.45, 7) is 8.59. The number of rotatable bonds is 2. The number of benzene rings is 1. The maximum Gasteiger partial charge on any atom is 0.332 e. The van der Waals surface area contributed by atoms with Crippen LogP contribution in [0, 0.1) is 0 Å². The molecule has 3 heteroatoms. The first-order valence-corrected chi connectivity index (χ1v) is 4.53. The van der Waals surface area contributed by atoms with Crippen LogP contribution in [-0.4, -0.2) is 24.0 Å². The van der Waals surface area contributed by atoms with Crippen molar-refractivity contribution in [2.45, 2.75) is 6.92 Å². The molecule has 0 radical (unpaired) electrons. The Morgan fingerprint density at radius 2 is 1.81 bits per heavy atom. The van der Waals surface area contributed by atoms with Gasteiger partial charge in [-0.05, 0) is 23.5 Å². The van der Waals surface area contributed by atoms with E-state index >= 15 is 0 Å². The second-order valence-electron chi connectivity index (χ2n) is 2.89. The van der Waals surface area contributed by atoms with Gasteiger partial charge in [0.15, 0.2) is 0 Å². The molecular formula is C13H20O2Si. The van der Waals surface area contributed by atoms with Crippen molar-refractivity contribution in [2.75, 3.05) is 7.11 Å². The first kappa shape index (κ1) is 16.8. The molecule has 0 aliphatic rings. The molecule has 1 aromatic carbocycles. The molecule has 0 N–H and O–H groups in total. The van der Waals surface area contributed by atoms with Gasteiger partial charge in [-0.15, -0.1) is 0 Å². The molecule has 16 heavy (non-hydrogen) atoms. The lowest BCUT2D eigenvalue weighted by molar-refractivity contribution is -0.136. The van der Waals surface area contributed by atoms with Crippen LogP contribution in [0.25, 0.3) is 6.08 Å². The molecule has 1 aromatic rings. The fourth-order valence-corrected chi connectivity index (χ4v) is 0.763. The highest BCUT2D eigenvalue weighted by molar-refractivity contribution is 5.86. The molecule has 0 fully saturated rings. The largest absolute Gasteiger partial charge is 0.466 e.